The Morgan fingerprint density at radius 3 is 2.36 bits per heavy atom. The zero-order valence-electron chi connectivity index (χ0n) is 13.5. The Balaban J connectivity index is 1.83. The number of rotatable bonds is 6. The van der Waals surface area contributed by atoms with Crippen LogP contribution in [0.4, 0.5) is 10.1 Å². The molecule has 0 fully saturated rings. The van der Waals surface area contributed by atoms with Crippen LogP contribution in [0.15, 0.2) is 83.3 Å². The van der Waals surface area contributed by atoms with E-state index in [9.17, 15) is 9.18 Å². The summed E-state index contributed by atoms with van der Waals surface area (Å²) >= 11 is 3.46. The maximum atomic E-state index is 13.1. The van der Waals surface area contributed by atoms with E-state index in [4.69, 9.17) is 0 Å². The van der Waals surface area contributed by atoms with Crippen LogP contribution >= 0.6 is 15.9 Å². The molecule has 1 unspecified atom stereocenters. The first-order valence-corrected chi connectivity index (χ1v) is 8.77. The summed E-state index contributed by atoms with van der Waals surface area (Å²) in [5, 5.41) is 3.42. The zero-order chi connectivity index (χ0) is 17.6. The smallest absolute Gasteiger partial charge is 0.165 e. The molecule has 0 heterocycles. The van der Waals surface area contributed by atoms with Crippen molar-refractivity contribution in [3.8, 4) is 0 Å². The standard InChI is InChI=1S/C21H17BrFNO/c22-17-7-4-8-19(13-17)24-20(15-5-2-1-3-6-15)14-21(25)16-9-11-18(23)12-10-16/h1-13,20,24H,14H2. The van der Waals surface area contributed by atoms with E-state index in [2.05, 4.69) is 21.2 Å². The summed E-state index contributed by atoms with van der Waals surface area (Å²) in [5.74, 6) is -0.375. The summed E-state index contributed by atoms with van der Waals surface area (Å²) in [6.07, 6.45) is 0.280. The Morgan fingerprint density at radius 2 is 1.68 bits per heavy atom. The van der Waals surface area contributed by atoms with E-state index in [1.807, 2.05) is 54.6 Å². The van der Waals surface area contributed by atoms with Crippen molar-refractivity contribution < 1.29 is 9.18 Å². The van der Waals surface area contributed by atoms with Crippen molar-refractivity contribution in [3.63, 3.8) is 0 Å². The second-order valence-corrected chi connectivity index (χ2v) is 6.67. The van der Waals surface area contributed by atoms with Crippen LogP contribution in [-0.4, -0.2) is 5.78 Å². The summed E-state index contributed by atoms with van der Waals surface area (Å²) in [6, 6.07) is 23.2. The van der Waals surface area contributed by atoms with Gasteiger partial charge in [-0.1, -0.05) is 52.3 Å². The molecular weight excluding hydrogens is 381 g/mol. The number of carbonyl (C=O) groups excluding carboxylic acids is 1. The van der Waals surface area contributed by atoms with Crippen LogP contribution in [-0.2, 0) is 0 Å². The fourth-order valence-corrected chi connectivity index (χ4v) is 3.06. The van der Waals surface area contributed by atoms with Crippen molar-refractivity contribution >= 4 is 27.4 Å². The summed E-state index contributed by atoms with van der Waals surface area (Å²) in [7, 11) is 0. The third kappa shape index (κ3) is 4.77. The van der Waals surface area contributed by atoms with Crippen LogP contribution in [0.1, 0.15) is 28.4 Å². The Kier molecular flexibility index (Phi) is 5.61. The van der Waals surface area contributed by atoms with Crippen LogP contribution < -0.4 is 5.32 Å². The normalized spacial score (nSPS) is 11.8. The molecule has 4 heteroatoms. The topological polar surface area (TPSA) is 29.1 Å². The summed E-state index contributed by atoms with van der Waals surface area (Å²) in [5.41, 5.74) is 2.46. The molecule has 25 heavy (non-hydrogen) atoms. The second-order valence-electron chi connectivity index (χ2n) is 5.75. The molecule has 3 aromatic carbocycles. The SMILES string of the molecule is O=C(CC(Nc1cccc(Br)c1)c1ccccc1)c1ccc(F)cc1. The molecule has 0 aromatic heterocycles. The van der Waals surface area contributed by atoms with Crippen LogP contribution in [0.2, 0.25) is 0 Å². The Labute approximate surface area is 154 Å². The number of nitrogens with one attached hydrogen (secondary N) is 1. The van der Waals surface area contributed by atoms with Gasteiger partial charge in [0.2, 0.25) is 0 Å². The fourth-order valence-electron chi connectivity index (χ4n) is 2.66. The average molecular weight is 398 g/mol. The summed E-state index contributed by atoms with van der Waals surface area (Å²) in [6.45, 7) is 0. The minimum atomic E-state index is -0.344. The number of ketones is 1. The van der Waals surface area contributed by atoms with Gasteiger partial charge in [0, 0.05) is 22.1 Å². The van der Waals surface area contributed by atoms with E-state index in [0.717, 1.165) is 15.7 Å². The lowest BCUT2D eigenvalue weighted by molar-refractivity contribution is 0.0976. The van der Waals surface area contributed by atoms with Crippen LogP contribution in [0.3, 0.4) is 0 Å². The first-order chi connectivity index (χ1) is 12.1. The second kappa shape index (κ2) is 8.08. The lowest BCUT2D eigenvalue weighted by Gasteiger charge is -2.20. The minimum absolute atomic E-state index is 0.0312. The van der Waals surface area contributed by atoms with Crippen LogP contribution in [0.25, 0.3) is 0 Å². The molecule has 0 aliphatic heterocycles. The molecule has 126 valence electrons. The molecule has 0 spiro atoms. The Hall–Kier alpha value is -2.46. The van der Waals surface area contributed by atoms with Crippen molar-refractivity contribution in [1.29, 1.82) is 0 Å². The molecule has 3 rings (SSSR count). The highest BCUT2D eigenvalue weighted by Crippen LogP contribution is 2.26. The maximum absolute atomic E-state index is 13.1. The van der Waals surface area contributed by atoms with E-state index in [-0.39, 0.29) is 24.1 Å². The molecule has 0 aliphatic carbocycles. The maximum Gasteiger partial charge on any atom is 0.165 e. The van der Waals surface area contributed by atoms with E-state index in [0.29, 0.717) is 5.56 Å². The third-order valence-corrected chi connectivity index (χ3v) is 4.42. The summed E-state index contributed by atoms with van der Waals surface area (Å²) in [4.78, 5) is 12.6. The fraction of sp³-hybridized carbons (Fsp3) is 0.0952. The van der Waals surface area contributed by atoms with Crippen LogP contribution in [0, 0.1) is 5.82 Å². The number of anilines is 1. The van der Waals surface area contributed by atoms with Crippen molar-refractivity contribution in [2.24, 2.45) is 0 Å². The molecule has 1 atom stereocenters. The average Bonchev–Trinajstić information content (AvgIpc) is 2.62. The van der Waals surface area contributed by atoms with Crippen molar-refractivity contribution in [1.82, 2.24) is 0 Å². The monoisotopic (exact) mass is 397 g/mol. The van der Waals surface area contributed by atoms with Crippen LogP contribution in [0.5, 0.6) is 0 Å². The zero-order valence-corrected chi connectivity index (χ0v) is 15.0. The van der Waals surface area contributed by atoms with Gasteiger partial charge in [-0.15, -0.1) is 0 Å². The quantitative estimate of drug-likeness (QED) is 0.515. The number of benzene rings is 3. The lowest BCUT2D eigenvalue weighted by Crippen LogP contribution is -2.15. The van der Waals surface area contributed by atoms with Gasteiger partial charge < -0.3 is 5.32 Å². The molecule has 3 aromatic rings. The molecule has 0 bridgehead atoms. The number of halogens is 2. The number of hydrogen-bond donors (Lipinski definition) is 1. The first-order valence-electron chi connectivity index (χ1n) is 7.97. The molecule has 2 nitrogen and oxygen atoms in total. The van der Waals surface area contributed by atoms with E-state index in [1.165, 1.54) is 24.3 Å². The number of carbonyl (C=O) groups is 1. The van der Waals surface area contributed by atoms with Gasteiger partial charge in [0.15, 0.2) is 5.78 Å². The van der Waals surface area contributed by atoms with Gasteiger partial charge in [-0.2, -0.15) is 0 Å². The lowest BCUT2D eigenvalue weighted by atomic mass is 9.97. The first kappa shape index (κ1) is 17.4. The highest BCUT2D eigenvalue weighted by atomic mass is 79.9. The number of hydrogen-bond acceptors (Lipinski definition) is 2. The number of Topliss-reactive ketones (excluding diaryl/α,β-unsaturated/α-hetero) is 1. The Morgan fingerprint density at radius 1 is 0.960 bits per heavy atom. The van der Waals surface area contributed by atoms with Gasteiger partial charge in [0.05, 0.1) is 6.04 Å². The third-order valence-electron chi connectivity index (χ3n) is 3.92. The van der Waals surface area contributed by atoms with Gasteiger partial charge in [-0.05, 0) is 48.0 Å². The molecule has 1 N–H and O–H groups in total. The van der Waals surface area contributed by atoms with Gasteiger partial charge in [0.1, 0.15) is 5.82 Å². The molecule has 0 aliphatic rings. The van der Waals surface area contributed by atoms with Crippen molar-refractivity contribution in [3.05, 3.63) is 100 Å². The largest absolute Gasteiger partial charge is 0.378 e. The Bertz CT molecular complexity index is 849. The van der Waals surface area contributed by atoms with Gasteiger partial charge in [0.25, 0.3) is 0 Å². The predicted molar refractivity (Wildman–Crippen MR) is 102 cm³/mol. The van der Waals surface area contributed by atoms with Gasteiger partial charge in [-0.3, -0.25) is 4.79 Å². The van der Waals surface area contributed by atoms with E-state index in [1.54, 1.807) is 0 Å². The van der Waals surface area contributed by atoms with E-state index >= 15 is 0 Å². The molecule has 0 radical (unpaired) electrons. The molecule has 0 saturated carbocycles. The minimum Gasteiger partial charge on any atom is -0.378 e. The van der Waals surface area contributed by atoms with Gasteiger partial charge >= 0.3 is 0 Å². The highest BCUT2D eigenvalue weighted by molar-refractivity contribution is 9.10. The van der Waals surface area contributed by atoms with E-state index < -0.39 is 0 Å². The highest BCUT2D eigenvalue weighted by Gasteiger charge is 2.17. The van der Waals surface area contributed by atoms with Gasteiger partial charge in [-0.25, -0.2) is 4.39 Å². The summed E-state index contributed by atoms with van der Waals surface area (Å²) < 4.78 is 14.0. The molecular formula is C21H17BrFNO. The van der Waals surface area contributed by atoms with Crippen molar-refractivity contribution in [2.75, 3.05) is 5.32 Å². The molecule has 0 saturated heterocycles. The predicted octanol–water partition coefficient (Wildman–Crippen LogP) is 6.01. The van der Waals surface area contributed by atoms with Crippen molar-refractivity contribution in [2.45, 2.75) is 12.5 Å². The molecule has 0 amide bonds.